The minimum Gasteiger partial charge on any atom is -0.354 e. The largest absolute Gasteiger partial charge is 0.354 e. The van der Waals surface area contributed by atoms with Crippen molar-refractivity contribution in [3.05, 3.63) is 0 Å². The van der Waals surface area contributed by atoms with Crippen LogP contribution in [0.1, 0.15) is 45.4 Å². The van der Waals surface area contributed by atoms with Crippen LogP contribution in [0, 0.1) is 11.8 Å². The lowest BCUT2D eigenvalue weighted by molar-refractivity contribution is -0.137. The Morgan fingerprint density at radius 3 is 2.76 bits per heavy atom. The maximum Gasteiger partial charge on any atom is 0.325 e. The number of amides is 4. The van der Waals surface area contributed by atoms with Crippen LogP contribution in [0.4, 0.5) is 4.79 Å². The molecule has 116 valence electrons. The topological polar surface area (TPSA) is 78.5 Å². The summed E-state index contributed by atoms with van der Waals surface area (Å²) in [6.45, 7) is 2.50. The van der Waals surface area contributed by atoms with Crippen molar-refractivity contribution in [3.8, 4) is 0 Å². The van der Waals surface area contributed by atoms with Gasteiger partial charge in [0.05, 0.1) is 0 Å². The van der Waals surface area contributed by atoms with Crippen LogP contribution in [0.25, 0.3) is 0 Å². The first-order valence-corrected chi connectivity index (χ1v) is 7.94. The fraction of sp³-hybridized carbons (Fsp3) is 0.800. The molecule has 1 saturated heterocycles. The summed E-state index contributed by atoms with van der Waals surface area (Å²) in [6.07, 6.45) is 5.97. The predicted octanol–water partition coefficient (Wildman–Crippen LogP) is 1.01. The van der Waals surface area contributed by atoms with E-state index in [9.17, 15) is 14.4 Å². The summed E-state index contributed by atoms with van der Waals surface area (Å²) >= 11 is 0. The van der Waals surface area contributed by atoms with Crippen molar-refractivity contribution < 1.29 is 14.4 Å². The molecule has 6 heteroatoms. The normalized spacial score (nSPS) is 32.4. The predicted molar refractivity (Wildman–Crippen MR) is 76.3 cm³/mol. The van der Waals surface area contributed by atoms with Crippen LogP contribution in [0.2, 0.25) is 0 Å². The zero-order valence-corrected chi connectivity index (χ0v) is 12.5. The van der Waals surface area contributed by atoms with E-state index in [1.807, 2.05) is 6.92 Å². The lowest BCUT2D eigenvalue weighted by atomic mass is 9.73. The Morgan fingerprint density at radius 2 is 2.10 bits per heavy atom. The van der Waals surface area contributed by atoms with Gasteiger partial charge in [-0.25, -0.2) is 4.79 Å². The third kappa shape index (κ3) is 2.63. The van der Waals surface area contributed by atoms with Gasteiger partial charge in [-0.15, -0.1) is 0 Å². The first kappa shape index (κ1) is 14.4. The molecule has 3 fully saturated rings. The van der Waals surface area contributed by atoms with Crippen molar-refractivity contribution in [2.75, 3.05) is 13.1 Å². The third-order valence-electron chi connectivity index (χ3n) is 5.09. The minimum absolute atomic E-state index is 0.127. The standard InChI is InChI=1S/C15H23N3O3/c1-10-4-2-3-7-15(10)13(20)18(14(21)17-15)9-12(19)16-8-11-5-6-11/h10-11H,2-9H2,1H3,(H,16,19)(H,17,21). The summed E-state index contributed by atoms with van der Waals surface area (Å²) in [4.78, 5) is 37.7. The number of nitrogens with zero attached hydrogens (tertiary/aromatic N) is 1. The molecule has 4 amide bonds. The quantitative estimate of drug-likeness (QED) is 0.759. The molecule has 0 aromatic carbocycles. The van der Waals surface area contributed by atoms with Gasteiger partial charge >= 0.3 is 6.03 Å². The van der Waals surface area contributed by atoms with Gasteiger partial charge in [-0.3, -0.25) is 14.5 Å². The molecule has 2 atom stereocenters. The van der Waals surface area contributed by atoms with E-state index in [0.717, 1.165) is 37.0 Å². The first-order chi connectivity index (χ1) is 10.0. The summed E-state index contributed by atoms with van der Waals surface area (Å²) in [5.41, 5.74) is -0.772. The highest BCUT2D eigenvalue weighted by Gasteiger charge is 2.55. The van der Waals surface area contributed by atoms with Crippen LogP contribution < -0.4 is 10.6 Å². The molecule has 3 rings (SSSR count). The zero-order chi connectivity index (χ0) is 15.0. The van der Waals surface area contributed by atoms with Crippen molar-refractivity contribution in [3.63, 3.8) is 0 Å². The molecule has 1 aliphatic heterocycles. The van der Waals surface area contributed by atoms with E-state index in [1.165, 1.54) is 0 Å². The lowest BCUT2D eigenvalue weighted by Gasteiger charge is -2.36. The second-order valence-corrected chi connectivity index (χ2v) is 6.69. The molecule has 3 aliphatic rings. The average molecular weight is 293 g/mol. The van der Waals surface area contributed by atoms with Crippen molar-refractivity contribution in [1.29, 1.82) is 0 Å². The van der Waals surface area contributed by atoms with E-state index in [4.69, 9.17) is 0 Å². The number of rotatable bonds is 4. The van der Waals surface area contributed by atoms with Gasteiger partial charge in [-0.2, -0.15) is 0 Å². The van der Waals surface area contributed by atoms with Crippen molar-refractivity contribution in [1.82, 2.24) is 15.5 Å². The second-order valence-electron chi connectivity index (χ2n) is 6.69. The second kappa shape index (κ2) is 5.31. The summed E-state index contributed by atoms with van der Waals surface area (Å²) in [7, 11) is 0. The third-order valence-corrected chi connectivity index (χ3v) is 5.09. The minimum atomic E-state index is -0.772. The van der Waals surface area contributed by atoms with Crippen LogP contribution in [-0.4, -0.2) is 41.4 Å². The van der Waals surface area contributed by atoms with E-state index >= 15 is 0 Å². The molecule has 2 unspecified atom stereocenters. The highest BCUT2D eigenvalue weighted by atomic mass is 16.2. The van der Waals surface area contributed by atoms with Gasteiger partial charge in [0.2, 0.25) is 5.91 Å². The fourth-order valence-corrected chi connectivity index (χ4v) is 3.42. The summed E-state index contributed by atoms with van der Waals surface area (Å²) < 4.78 is 0. The number of imide groups is 1. The number of nitrogens with one attached hydrogen (secondary N) is 2. The van der Waals surface area contributed by atoms with Gasteiger partial charge in [0.25, 0.3) is 5.91 Å². The van der Waals surface area contributed by atoms with E-state index in [1.54, 1.807) is 0 Å². The molecule has 6 nitrogen and oxygen atoms in total. The number of hydrogen-bond acceptors (Lipinski definition) is 3. The van der Waals surface area contributed by atoms with E-state index in [-0.39, 0.29) is 24.3 Å². The Kier molecular flexibility index (Phi) is 3.63. The van der Waals surface area contributed by atoms with Crippen LogP contribution >= 0.6 is 0 Å². The lowest BCUT2D eigenvalue weighted by Crippen LogP contribution is -2.54. The summed E-state index contributed by atoms with van der Waals surface area (Å²) in [6, 6.07) is -0.421. The molecule has 0 aromatic heterocycles. The van der Waals surface area contributed by atoms with Crippen LogP contribution in [0.5, 0.6) is 0 Å². The number of urea groups is 1. The monoisotopic (exact) mass is 293 g/mol. The van der Waals surface area contributed by atoms with E-state index < -0.39 is 11.6 Å². The van der Waals surface area contributed by atoms with Crippen molar-refractivity contribution >= 4 is 17.8 Å². The molecular formula is C15H23N3O3. The maximum atomic E-state index is 12.7. The van der Waals surface area contributed by atoms with Gasteiger partial charge in [0.1, 0.15) is 12.1 Å². The van der Waals surface area contributed by atoms with E-state index in [0.29, 0.717) is 18.9 Å². The molecular weight excluding hydrogens is 270 g/mol. The Labute approximate surface area is 124 Å². The van der Waals surface area contributed by atoms with Crippen LogP contribution in [-0.2, 0) is 9.59 Å². The molecule has 2 aliphatic carbocycles. The molecule has 0 radical (unpaired) electrons. The molecule has 2 N–H and O–H groups in total. The Balaban J connectivity index is 1.64. The summed E-state index contributed by atoms with van der Waals surface area (Å²) in [5, 5.41) is 5.66. The zero-order valence-electron chi connectivity index (χ0n) is 12.5. The molecule has 21 heavy (non-hydrogen) atoms. The molecule has 0 aromatic rings. The number of hydrogen-bond donors (Lipinski definition) is 2. The van der Waals surface area contributed by atoms with E-state index in [2.05, 4.69) is 10.6 Å². The molecule has 0 bridgehead atoms. The van der Waals surface area contributed by atoms with Gasteiger partial charge < -0.3 is 10.6 Å². The van der Waals surface area contributed by atoms with Crippen molar-refractivity contribution in [2.45, 2.75) is 51.0 Å². The number of carbonyl (C=O) groups is 3. The Bertz CT molecular complexity index is 475. The Morgan fingerprint density at radius 1 is 1.33 bits per heavy atom. The van der Waals surface area contributed by atoms with Crippen LogP contribution in [0.15, 0.2) is 0 Å². The molecule has 1 heterocycles. The fourth-order valence-electron chi connectivity index (χ4n) is 3.42. The number of carbonyl (C=O) groups excluding carboxylic acids is 3. The summed E-state index contributed by atoms with van der Waals surface area (Å²) in [5.74, 6) is 0.246. The van der Waals surface area contributed by atoms with Gasteiger partial charge in [-0.1, -0.05) is 19.8 Å². The van der Waals surface area contributed by atoms with Crippen LogP contribution in [0.3, 0.4) is 0 Å². The SMILES string of the molecule is CC1CCCCC12NC(=O)N(CC(=O)NCC1CC1)C2=O. The average Bonchev–Trinajstić information content (AvgIpc) is 3.25. The van der Waals surface area contributed by atoms with Gasteiger partial charge in [0, 0.05) is 6.54 Å². The molecule has 2 saturated carbocycles. The smallest absolute Gasteiger partial charge is 0.325 e. The van der Waals surface area contributed by atoms with Gasteiger partial charge in [0.15, 0.2) is 0 Å². The Hall–Kier alpha value is -1.59. The first-order valence-electron chi connectivity index (χ1n) is 7.94. The van der Waals surface area contributed by atoms with Gasteiger partial charge in [-0.05, 0) is 37.5 Å². The highest BCUT2D eigenvalue weighted by Crippen LogP contribution is 2.38. The molecule has 1 spiro atoms. The highest BCUT2D eigenvalue weighted by molar-refractivity contribution is 6.09. The maximum absolute atomic E-state index is 12.7. The van der Waals surface area contributed by atoms with Crippen molar-refractivity contribution in [2.24, 2.45) is 11.8 Å².